The Hall–Kier alpha value is -2.33. The summed E-state index contributed by atoms with van der Waals surface area (Å²) in [7, 11) is 2.18. The van der Waals surface area contributed by atoms with Gasteiger partial charge in [-0.1, -0.05) is 60.7 Å². The summed E-state index contributed by atoms with van der Waals surface area (Å²) in [4.78, 5) is 16.9. The number of nitrogens with one attached hydrogen (secondary N) is 1. The van der Waals surface area contributed by atoms with Crippen molar-refractivity contribution in [3.63, 3.8) is 0 Å². The molecule has 1 aliphatic rings. The van der Waals surface area contributed by atoms with Crippen molar-refractivity contribution in [2.75, 3.05) is 26.7 Å². The molecule has 1 heterocycles. The molecule has 1 saturated heterocycles. The van der Waals surface area contributed by atoms with E-state index in [0.29, 0.717) is 12.6 Å². The van der Waals surface area contributed by atoms with E-state index in [0.717, 1.165) is 44.5 Å². The van der Waals surface area contributed by atoms with E-state index in [-0.39, 0.29) is 6.03 Å². The van der Waals surface area contributed by atoms with E-state index in [1.54, 1.807) is 0 Å². The molecule has 1 N–H and O–H groups in total. The highest BCUT2D eigenvalue weighted by Gasteiger charge is 2.25. The Morgan fingerprint density at radius 3 is 2.42 bits per heavy atom. The number of piperidine rings is 1. The van der Waals surface area contributed by atoms with Crippen LogP contribution in [0, 0.1) is 0 Å². The van der Waals surface area contributed by atoms with Crippen LogP contribution in [0.5, 0.6) is 0 Å². The lowest BCUT2D eigenvalue weighted by molar-refractivity contribution is 0.126. The Bertz CT molecular complexity index is 674. The Morgan fingerprint density at radius 2 is 1.73 bits per heavy atom. The van der Waals surface area contributed by atoms with E-state index in [2.05, 4.69) is 47.6 Å². The average molecular weight is 351 g/mol. The third-order valence-corrected chi connectivity index (χ3v) is 5.19. The number of nitrogens with zero attached hydrogens (tertiary/aromatic N) is 2. The number of carbonyl (C=O) groups is 1. The predicted octanol–water partition coefficient (Wildman–Crippen LogP) is 3.54. The molecular formula is C22H29N3O. The smallest absolute Gasteiger partial charge is 0.317 e. The van der Waals surface area contributed by atoms with Crippen molar-refractivity contribution in [3.8, 4) is 0 Å². The van der Waals surface area contributed by atoms with Crippen molar-refractivity contribution in [2.24, 2.45) is 0 Å². The van der Waals surface area contributed by atoms with Gasteiger partial charge in [-0.2, -0.15) is 0 Å². The fraction of sp³-hybridized carbons (Fsp3) is 0.409. The number of likely N-dealkylation sites (N-methyl/N-ethyl adjacent to an activating group) is 1. The third-order valence-electron chi connectivity index (χ3n) is 5.19. The molecule has 2 aromatic rings. The van der Waals surface area contributed by atoms with Crippen LogP contribution in [0.25, 0.3) is 0 Å². The van der Waals surface area contributed by atoms with Crippen LogP contribution in [0.4, 0.5) is 4.79 Å². The number of hydrogen-bond acceptors (Lipinski definition) is 2. The maximum absolute atomic E-state index is 12.5. The van der Waals surface area contributed by atoms with Crippen LogP contribution in [0.15, 0.2) is 60.7 Å². The number of urea groups is 1. The van der Waals surface area contributed by atoms with Crippen molar-refractivity contribution in [3.05, 3.63) is 71.8 Å². The van der Waals surface area contributed by atoms with Gasteiger partial charge in [0.25, 0.3) is 0 Å². The summed E-state index contributed by atoms with van der Waals surface area (Å²) in [5.74, 6) is 0. The molecule has 2 aromatic carbocycles. The van der Waals surface area contributed by atoms with Gasteiger partial charge in [-0.3, -0.25) is 0 Å². The molecule has 1 atom stereocenters. The van der Waals surface area contributed by atoms with Gasteiger partial charge in [-0.05, 0) is 37.4 Å². The van der Waals surface area contributed by atoms with Crippen molar-refractivity contribution >= 4 is 6.03 Å². The molecule has 0 aromatic heterocycles. The van der Waals surface area contributed by atoms with Crippen molar-refractivity contribution in [1.29, 1.82) is 0 Å². The largest absolute Gasteiger partial charge is 0.334 e. The molecule has 4 nitrogen and oxygen atoms in total. The van der Waals surface area contributed by atoms with Gasteiger partial charge in [0.05, 0.1) is 0 Å². The molecule has 0 aliphatic carbocycles. The number of benzene rings is 2. The highest BCUT2D eigenvalue weighted by molar-refractivity contribution is 5.74. The Labute approximate surface area is 156 Å². The average Bonchev–Trinajstić information content (AvgIpc) is 2.72. The van der Waals surface area contributed by atoms with E-state index < -0.39 is 0 Å². The highest BCUT2D eigenvalue weighted by Crippen LogP contribution is 2.16. The summed E-state index contributed by atoms with van der Waals surface area (Å²) >= 11 is 0. The van der Waals surface area contributed by atoms with Crippen LogP contribution in [0.2, 0.25) is 0 Å². The van der Waals surface area contributed by atoms with Gasteiger partial charge in [0.2, 0.25) is 0 Å². The topological polar surface area (TPSA) is 35.6 Å². The van der Waals surface area contributed by atoms with E-state index in [1.165, 1.54) is 5.56 Å². The first kappa shape index (κ1) is 18.5. The predicted molar refractivity (Wildman–Crippen MR) is 106 cm³/mol. The van der Waals surface area contributed by atoms with Crippen molar-refractivity contribution in [2.45, 2.75) is 31.8 Å². The van der Waals surface area contributed by atoms with Gasteiger partial charge in [-0.15, -0.1) is 0 Å². The molecule has 1 unspecified atom stereocenters. The quantitative estimate of drug-likeness (QED) is 0.864. The molecule has 4 heteroatoms. The standard InChI is InChI=1S/C22H29N3O/c1-24(16-14-19-9-4-2-5-10-19)21-13-8-15-25(18-21)22(26)23-17-20-11-6-3-7-12-20/h2-7,9-12,21H,8,13-18H2,1H3,(H,23,26). The number of carbonyl (C=O) groups excluding carboxylic acids is 1. The third kappa shape index (κ3) is 5.33. The Balaban J connectivity index is 1.46. The fourth-order valence-corrected chi connectivity index (χ4v) is 3.52. The zero-order chi connectivity index (χ0) is 18.2. The lowest BCUT2D eigenvalue weighted by Crippen LogP contribution is -2.51. The van der Waals surface area contributed by atoms with Crippen LogP contribution < -0.4 is 5.32 Å². The second kappa shape index (κ2) is 9.39. The first-order valence-electron chi connectivity index (χ1n) is 9.53. The summed E-state index contributed by atoms with van der Waals surface area (Å²) in [5.41, 5.74) is 2.50. The minimum atomic E-state index is 0.0509. The Kier molecular flexibility index (Phi) is 6.67. The normalized spacial score (nSPS) is 17.3. The minimum Gasteiger partial charge on any atom is -0.334 e. The fourth-order valence-electron chi connectivity index (χ4n) is 3.52. The lowest BCUT2D eigenvalue weighted by atomic mass is 10.0. The second-order valence-electron chi connectivity index (χ2n) is 7.10. The summed E-state index contributed by atoms with van der Waals surface area (Å²) in [6, 6.07) is 21.2. The van der Waals surface area contributed by atoms with Gasteiger partial charge in [-0.25, -0.2) is 4.79 Å². The molecule has 1 fully saturated rings. The van der Waals surface area contributed by atoms with Gasteiger partial charge in [0.1, 0.15) is 0 Å². The molecule has 2 amide bonds. The summed E-state index contributed by atoms with van der Waals surface area (Å²) in [6.07, 6.45) is 3.28. The SMILES string of the molecule is CN(CCc1ccccc1)C1CCCN(C(=O)NCc2ccccc2)C1. The summed E-state index contributed by atoms with van der Waals surface area (Å²) in [5, 5.41) is 3.05. The minimum absolute atomic E-state index is 0.0509. The molecule has 0 radical (unpaired) electrons. The molecule has 0 bridgehead atoms. The first-order chi connectivity index (χ1) is 12.7. The first-order valence-corrected chi connectivity index (χ1v) is 9.53. The number of amides is 2. The molecule has 1 aliphatic heterocycles. The maximum Gasteiger partial charge on any atom is 0.317 e. The van der Waals surface area contributed by atoms with Gasteiger partial charge in [0, 0.05) is 32.2 Å². The zero-order valence-electron chi connectivity index (χ0n) is 15.6. The molecule has 3 rings (SSSR count). The van der Waals surface area contributed by atoms with Crippen LogP contribution in [-0.2, 0) is 13.0 Å². The van der Waals surface area contributed by atoms with Crippen molar-refractivity contribution in [1.82, 2.24) is 15.1 Å². The van der Waals surface area contributed by atoms with Gasteiger partial charge in [0.15, 0.2) is 0 Å². The van der Waals surface area contributed by atoms with Gasteiger partial charge < -0.3 is 15.1 Å². The van der Waals surface area contributed by atoms with Crippen LogP contribution >= 0.6 is 0 Å². The van der Waals surface area contributed by atoms with Crippen LogP contribution in [0.3, 0.4) is 0 Å². The summed E-state index contributed by atoms with van der Waals surface area (Å²) < 4.78 is 0. The number of rotatable bonds is 6. The van der Waals surface area contributed by atoms with Gasteiger partial charge >= 0.3 is 6.03 Å². The van der Waals surface area contributed by atoms with E-state index in [4.69, 9.17) is 0 Å². The zero-order valence-corrected chi connectivity index (χ0v) is 15.6. The molecular weight excluding hydrogens is 322 g/mol. The van der Waals surface area contributed by atoms with Crippen LogP contribution in [0.1, 0.15) is 24.0 Å². The number of hydrogen-bond donors (Lipinski definition) is 1. The monoisotopic (exact) mass is 351 g/mol. The van der Waals surface area contributed by atoms with E-state index in [1.807, 2.05) is 35.2 Å². The van der Waals surface area contributed by atoms with E-state index in [9.17, 15) is 4.79 Å². The lowest BCUT2D eigenvalue weighted by Gasteiger charge is -2.37. The Morgan fingerprint density at radius 1 is 1.08 bits per heavy atom. The second-order valence-corrected chi connectivity index (χ2v) is 7.10. The van der Waals surface area contributed by atoms with E-state index >= 15 is 0 Å². The highest BCUT2D eigenvalue weighted by atomic mass is 16.2. The number of likely N-dealkylation sites (tertiary alicyclic amines) is 1. The molecule has 26 heavy (non-hydrogen) atoms. The van der Waals surface area contributed by atoms with Crippen molar-refractivity contribution < 1.29 is 4.79 Å². The molecule has 0 saturated carbocycles. The molecule has 138 valence electrons. The summed E-state index contributed by atoms with van der Waals surface area (Å²) in [6.45, 7) is 3.27. The molecule has 0 spiro atoms. The van der Waals surface area contributed by atoms with Crippen LogP contribution in [-0.4, -0.2) is 48.6 Å². The maximum atomic E-state index is 12.5.